The zero-order valence-corrected chi connectivity index (χ0v) is 9.58. The van der Waals surface area contributed by atoms with Gasteiger partial charge in [0.15, 0.2) is 0 Å². The van der Waals surface area contributed by atoms with E-state index in [1.807, 2.05) is 11.0 Å². The van der Waals surface area contributed by atoms with Crippen molar-refractivity contribution in [2.75, 3.05) is 0 Å². The maximum Gasteiger partial charge on any atom is 0.254 e. The van der Waals surface area contributed by atoms with Crippen LogP contribution in [0.25, 0.3) is 0 Å². The van der Waals surface area contributed by atoms with Gasteiger partial charge in [-0.25, -0.2) is 0 Å². The molecule has 1 aliphatic heterocycles. The normalized spacial score (nSPS) is 14.9. The topological polar surface area (TPSA) is 20.3 Å². The average Bonchev–Trinajstić information content (AvgIpc) is 2.55. The first kappa shape index (κ1) is 10.2. The van der Waals surface area contributed by atoms with Gasteiger partial charge in [-0.2, -0.15) is 0 Å². The second-order valence-electron chi connectivity index (χ2n) is 4.37. The number of amides is 1. The van der Waals surface area contributed by atoms with Gasteiger partial charge < -0.3 is 4.90 Å². The molecule has 1 aromatic rings. The van der Waals surface area contributed by atoms with Gasteiger partial charge in [-0.1, -0.05) is 19.1 Å². The fourth-order valence-electron chi connectivity index (χ4n) is 2.03. The minimum Gasteiger partial charge on any atom is -0.332 e. The summed E-state index contributed by atoms with van der Waals surface area (Å²) in [5.41, 5.74) is 3.39. The minimum absolute atomic E-state index is 0.183. The van der Waals surface area contributed by atoms with Crippen LogP contribution in [0.2, 0.25) is 0 Å². The lowest BCUT2D eigenvalue weighted by Crippen LogP contribution is -2.30. The monoisotopic (exact) mass is 203 g/mol. The molecule has 80 valence electrons. The van der Waals surface area contributed by atoms with Gasteiger partial charge in [-0.3, -0.25) is 4.79 Å². The van der Waals surface area contributed by atoms with E-state index in [0.29, 0.717) is 0 Å². The van der Waals surface area contributed by atoms with Crippen LogP contribution in [-0.4, -0.2) is 16.8 Å². The zero-order valence-electron chi connectivity index (χ0n) is 9.58. The van der Waals surface area contributed by atoms with Crippen molar-refractivity contribution >= 4 is 5.91 Å². The fraction of sp³-hybridized carbons (Fsp3) is 0.462. The molecular weight excluding hydrogens is 186 g/mol. The Hall–Kier alpha value is -1.31. The summed E-state index contributed by atoms with van der Waals surface area (Å²) in [5, 5.41) is 0. The molecule has 0 fully saturated rings. The summed E-state index contributed by atoms with van der Waals surface area (Å²) in [5.74, 6) is 0.183. The Morgan fingerprint density at radius 3 is 2.73 bits per heavy atom. The lowest BCUT2D eigenvalue weighted by atomic mass is 10.0. The van der Waals surface area contributed by atoms with Gasteiger partial charge in [0, 0.05) is 18.2 Å². The lowest BCUT2D eigenvalue weighted by Gasteiger charge is -2.19. The average molecular weight is 203 g/mol. The van der Waals surface area contributed by atoms with Crippen molar-refractivity contribution in [2.24, 2.45) is 0 Å². The molecule has 0 aromatic heterocycles. The van der Waals surface area contributed by atoms with Crippen molar-refractivity contribution in [1.29, 1.82) is 0 Å². The van der Waals surface area contributed by atoms with E-state index in [4.69, 9.17) is 0 Å². The minimum atomic E-state index is 0.183. The first-order chi connectivity index (χ1) is 7.13. The van der Waals surface area contributed by atoms with Crippen molar-refractivity contribution in [1.82, 2.24) is 4.90 Å². The van der Waals surface area contributed by atoms with E-state index < -0.39 is 0 Å². The Labute approximate surface area is 90.9 Å². The molecule has 0 bridgehead atoms. The van der Waals surface area contributed by atoms with Gasteiger partial charge in [-0.15, -0.1) is 0 Å². The van der Waals surface area contributed by atoms with E-state index >= 15 is 0 Å². The van der Waals surface area contributed by atoms with Crippen molar-refractivity contribution < 1.29 is 4.79 Å². The number of benzene rings is 1. The molecule has 2 heteroatoms. The van der Waals surface area contributed by atoms with E-state index in [0.717, 1.165) is 18.5 Å². The number of hydrogen-bond acceptors (Lipinski definition) is 1. The first-order valence-corrected chi connectivity index (χ1v) is 5.56. The Morgan fingerprint density at radius 1 is 1.40 bits per heavy atom. The number of fused-ring (bicyclic) bond motifs is 1. The van der Waals surface area contributed by atoms with Crippen LogP contribution in [-0.2, 0) is 13.0 Å². The van der Waals surface area contributed by atoms with E-state index in [1.54, 1.807) is 0 Å². The van der Waals surface area contributed by atoms with Crippen molar-refractivity contribution in [2.45, 2.75) is 39.8 Å². The Bertz CT molecular complexity index is 396. The Morgan fingerprint density at radius 2 is 2.13 bits per heavy atom. The third kappa shape index (κ3) is 1.65. The number of nitrogens with zero attached hydrogens (tertiary/aromatic N) is 1. The molecule has 1 aliphatic rings. The van der Waals surface area contributed by atoms with E-state index in [-0.39, 0.29) is 11.9 Å². The summed E-state index contributed by atoms with van der Waals surface area (Å²) in [6, 6.07) is 6.48. The fourth-order valence-corrected chi connectivity index (χ4v) is 2.03. The highest BCUT2D eigenvalue weighted by Gasteiger charge is 2.28. The van der Waals surface area contributed by atoms with Crippen molar-refractivity contribution in [3.8, 4) is 0 Å². The molecule has 1 heterocycles. The maximum atomic E-state index is 12.0. The number of rotatable bonds is 2. The predicted molar refractivity (Wildman–Crippen MR) is 60.8 cm³/mol. The van der Waals surface area contributed by atoms with E-state index in [1.165, 1.54) is 11.1 Å². The molecule has 0 saturated carbocycles. The summed E-state index contributed by atoms with van der Waals surface area (Å²) in [4.78, 5) is 13.9. The molecule has 0 radical (unpaired) electrons. The second-order valence-corrected chi connectivity index (χ2v) is 4.37. The molecule has 2 rings (SSSR count). The van der Waals surface area contributed by atoms with Crippen molar-refractivity contribution in [3.63, 3.8) is 0 Å². The van der Waals surface area contributed by atoms with Crippen LogP contribution in [0.3, 0.4) is 0 Å². The van der Waals surface area contributed by atoms with Crippen LogP contribution >= 0.6 is 0 Å². The SMILES string of the molecule is CCc1ccc2c(c1)CN(C(C)C)C2=O. The highest BCUT2D eigenvalue weighted by Crippen LogP contribution is 2.25. The molecule has 0 N–H and O–H groups in total. The van der Waals surface area contributed by atoms with Gasteiger partial charge in [0.2, 0.25) is 0 Å². The Balaban J connectivity index is 2.36. The summed E-state index contributed by atoms with van der Waals surface area (Å²) in [7, 11) is 0. The highest BCUT2D eigenvalue weighted by atomic mass is 16.2. The van der Waals surface area contributed by atoms with Crippen LogP contribution in [0.4, 0.5) is 0 Å². The number of aryl methyl sites for hydroxylation is 1. The van der Waals surface area contributed by atoms with Gasteiger partial charge in [-0.05, 0) is 37.5 Å². The first-order valence-electron chi connectivity index (χ1n) is 5.56. The van der Waals surface area contributed by atoms with Crippen LogP contribution in [0.1, 0.15) is 42.3 Å². The molecule has 1 aromatic carbocycles. The molecule has 0 spiro atoms. The molecule has 0 saturated heterocycles. The van der Waals surface area contributed by atoms with Gasteiger partial charge in [0.25, 0.3) is 5.91 Å². The summed E-state index contributed by atoms with van der Waals surface area (Å²) in [6.07, 6.45) is 1.03. The van der Waals surface area contributed by atoms with Crippen LogP contribution < -0.4 is 0 Å². The quantitative estimate of drug-likeness (QED) is 0.723. The molecule has 0 unspecified atom stereocenters. The van der Waals surface area contributed by atoms with Crippen molar-refractivity contribution in [3.05, 3.63) is 34.9 Å². The smallest absolute Gasteiger partial charge is 0.254 e. The van der Waals surface area contributed by atoms with E-state index in [9.17, 15) is 4.79 Å². The maximum absolute atomic E-state index is 12.0. The van der Waals surface area contributed by atoms with Gasteiger partial charge in [0.1, 0.15) is 0 Å². The van der Waals surface area contributed by atoms with E-state index in [2.05, 4.69) is 32.9 Å². The van der Waals surface area contributed by atoms with Crippen LogP contribution in [0, 0.1) is 0 Å². The third-order valence-corrected chi connectivity index (χ3v) is 3.03. The molecule has 15 heavy (non-hydrogen) atoms. The Kier molecular flexibility index (Phi) is 2.51. The number of carbonyl (C=O) groups excluding carboxylic acids is 1. The van der Waals surface area contributed by atoms with Crippen LogP contribution in [0.5, 0.6) is 0 Å². The highest BCUT2D eigenvalue weighted by molar-refractivity contribution is 5.98. The molecule has 0 aliphatic carbocycles. The molecular formula is C13H17NO. The van der Waals surface area contributed by atoms with Gasteiger partial charge in [0.05, 0.1) is 0 Å². The lowest BCUT2D eigenvalue weighted by molar-refractivity contribution is 0.0730. The molecule has 0 atom stereocenters. The summed E-state index contributed by atoms with van der Waals surface area (Å²) in [6.45, 7) is 7.04. The molecule has 2 nitrogen and oxygen atoms in total. The number of carbonyl (C=O) groups is 1. The second kappa shape index (κ2) is 3.69. The largest absolute Gasteiger partial charge is 0.332 e. The molecule has 1 amide bonds. The number of hydrogen-bond donors (Lipinski definition) is 0. The van der Waals surface area contributed by atoms with Gasteiger partial charge >= 0.3 is 0 Å². The summed E-state index contributed by atoms with van der Waals surface area (Å²) < 4.78 is 0. The standard InChI is InChI=1S/C13H17NO/c1-4-10-5-6-12-11(7-10)8-14(9(2)3)13(12)15/h5-7,9H,4,8H2,1-3H3. The van der Waals surface area contributed by atoms with Crippen LogP contribution in [0.15, 0.2) is 18.2 Å². The predicted octanol–water partition coefficient (Wildman–Crippen LogP) is 2.61. The third-order valence-electron chi connectivity index (χ3n) is 3.03. The summed E-state index contributed by atoms with van der Waals surface area (Å²) >= 11 is 0. The zero-order chi connectivity index (χ0) is 11.0.